The van der Waals surface area contributed by atoms with Gasteiger partial charge in [0.1, 0.15) is 0 Å². The Kier molecular flexibility index (Phi) is 6.53. The van der Waals surface area contributed by atoms with Gasteiger partial charge in [-0.25, -0.2) is 0 Å². The Morgan fingerprint density at radius 2 is 1.82 bits per heavy atom. The fraction of sp³-hybridized carbons (Fsp3) is 0.316. The molecule has 0 aliphatic rings. The van der Waals surface area contributed by atoms with E-state index >= 15 is 0 Å². The summed E-state index contributed by atoms with van der Waals surface area (Å²) >= 11 is 1.88. The van der Waals surface area contributed by atoms with E-state index in [2.05, 4.69) is 42.6 Å². The molecular formula is C19H23NOS. The first-order valence-electron chi connectivity index (χ1n) is 7.64. The summed E-state index contributed by atoms with van der Waals surface area (Å²) in [7, 11) is 0. The van der Waals surface area contributed by atoms with Gasteiger partial charge in [-0.15, -0.1) is 0 Å². The fourth-order valence-corrected chi connectivity index (χ4v) is 3.12. The summed E-state index contributed by atoms with van der Waals surface area (Å²) in [5, 5.41) is 3.01. The monoisotopic (exact) mass is 313 g/mol. The maximum atomic E-state index is 12.0. The van der Waals surface area contributed by atoms with Crippen molar-refractivity contribution in [3.63, 3.8) is 0 Å². The average molecular weight is 313 g/mol. The van der Waals surface area contributed by atoms with Crippen LogP contribution in [-0.2, 0) is 10.5 Å². The predicted molar refractivity (Wildman–Crippen MR) is 96.4 cm³/mol. The van der Waals surface area contributed by atoms with E-state index in [9.17, 15) is 4.79 Å². The first-order valence-corrected chi connectivity index (χ1v) is 8.80. The molecule has 0 bridgehead atoms. The Morgan fingerprint density at radius 3 is 2.59 bits per heavy atom. The molecule has 0 radical (unpaired) electrons. The predicted octanol–water partition coefficient (Wildman–Crippen LogP) is 4.96. The highest BCUT2D eigenvalue weighted by Crippen LogP contribution is 2.19. The molecule has 1 N–H and O–H groups in total. The van der Waals surface area contributed by atoms with E-state index in [0.29, 0.717) is 6.42 Å². The quantitative estimate of drug-likeness (QED) is 0.732. The molecule has 2 rings (SSSR count). The maximum absolute atomic E-state index is 12.0. The molecular weight excluding hydrogens is 290 g/mol. The molecule has 0 heterocycles. The van der Waals surface area contributed by atoms with Crippen molar-refractivity contribution in [2.45, 2.75) is 32.4 Å². The SMILES string of the molecule is Cc1cccc(NC(=O)CCCSCc2ccccc2)c1C. The van der Waals surface area contributed by atoms with E-state index in [4.69, 9.17) is 0 Å². The smallest absolute Gasteiger partial charge is 0.224 e. The van der Waals surface area contributed by atoms with E-state index in [1.807, 2.05) is 36.9 Å². The molecule has 2 nitrogen and oxygen atoms in total. The third-order valence-corrected chi connectivity index (χ3v) is 4.80. The van der Waals surface area contributed by atoms with Gasteiger partial charge in [-0.1, -0.05) is 42.5 Å². The fourth-order valence-electron chi connectivity index (χ4n) is 2.20. The first-order chi connectivity index (χ1) is 10.7. The lowest BCUT2D eigenvalue weighted by Crippen LogP contribution is -2.12. The van der Waals surface area contributed by atoms with E-state index < -0.39 is 0 Å². The highest BCUT2D eigenvalue weighted by Gasteiger charge is 2.05. The van der Waals surface area contributed by atoms with Crippen LogP contribution < -0.4 is 5.32 Å². The maximum Gasteiger partial charge on any atom is 0.224 e. The molecule has 0 saturated heterocycles. The standard InChI is InChI=1S/C19H23NOS/c1-15-8-6-11-18(16(15)2)20-19(21)12-7-13-22-14-17-9-4-3-5-10-17/h3-6,8-11H,7,12-14H2,1-2H3,(H,20,21). The third kappa shape index (κ3) is 5.23. The normalized spacial score (nSPS) is 10.5. The van der Waals surface area contributed by atoms with Crippen LogP contribution in [0.5, 0.6) is 0 Å². The second kappa shape index (κ2) is 8.64. The average Bonchev–Trinajstić information content (AvgIpc) is 2.52. The van der Waals surface area contributed by atoms with E-state index in [-0.39, 0.29) is 5.91 Å². The molecule has 2 aromatic carbocycles. The Bertz CT molecular complexity index is 610. The summed E-state index contributed by atoms with van der Waals surface area (Å²) in [5.74, 6) is 2.13. The van der Waals surface area contributed by atoms with Crippen LogP contribution >= 0.6 is 11.8 Å². The van der Waals surface area contributed by atoms with Gasteiger partial charge in [0.25, 0.3) is 0 Å². The van der Waals surface area contributed by atoms with Gasteiger partial charge in [0, 0.05) is 17.9 Å². The molecule has 0 atom stereocenters. The van der Waals surface area contributed by atoms with Gasteiger partial charge in [0.2, 0.25) is 5.91 Å². The Labute approximate surface area is 137 Å². The highest BCUT2D eigenvalue weighted by molar-refractivity contribution is 7.98. The second-order valence-corrected chi connectivity index (χ2v) is 6.54. The number of benzene rings is 2. The van der Waals surface area contributed by atoms with Crippen LogP contribution in [0.4, 0.5) is 5.69 Å². The largest absolute Gasteiger partial charge is 0.326 e. The zero-order valence-electron chi connectivity index (χ0n) is 13.3. The van der Waals surface area contributed by atoms with Crippen LogP contribution in [0.3, 0.4) is 0 Å². The highest BCUT2D eigenvalue weighted by atomic mass is 32.2. The molecule has 2 aromatic rings. The molecule has 22 heavy (non-hydrogen) atoms. The number of hydrogen-bond acceptors (Lipinski definition) is 2. The van der Waals surface area contributed by atoms with Crippen molar-refractivity contribution >= 4 is 23.4 Å². The van der Waals surface area contributed by atoms with E-state index in [1.54, 1.807) is 0 Å². The minimum Gasteiger partial charge on any atom is -0.326 e. The molecule has 1 amide bonds. The minimum absolute atomic E-state index is 0.106. The number of nitrogens with one attached hydrogen (secondary N) is 1. The van der Waals surface area contributed by atoms with Gasteiger partial charge in [0.15, 0.2) is 0 Å². The lowest BCUT2D eigenvalue weighted by Gasteiger charge is -2.10. The Hall–Kier alpha value is -1.74. The van der Waals surface area contributed by atoms with Crippen LogP contribution in [0.2, 0.25) is 0 Å². The minimum atomic E-state index is 0.106. The lowest BCUT2D eigenvalue weighted by molar-refractivity contribution is -0.116. The van der Waals surface area contributed by atoms with Crippen LogP contribution in [0.25, 0.3) is 0 Å². The summed E-state index contributed by atoms with van der Waals surface area (Å²) in [6.45, 7) is 4.10. The van der Waals surface area contributed by atoms with Crippen LogP contribution in [0.1, 0.15) is 29.5 Å². The number of amides is 1. The molecule has 0 saturated carbocycles. The van der Waals surface area contributed by atoms with Crippen LogP contribution in [0.15, 0.2) is 48.5 Å². The number of carbonyl (C=O) groups is 1. The molecule has 0 aliphatic carbocycles. The lowest BCUT2D eigenvalue weighted by atomic mass is 10.1. The number of hydrogen-bond donors (Lipinski definition) is 1. The third-order valence-electron chi connectivity index (χ3n) is 3.68. The van der Waals surface area contributed by atoms with Crippen molar-refractivity contribution in [2.75, 3.05) is 11.1 Å². The number of aryl methyl sites for hydroxylation is 1. The summed E-state index contributed by atoms with van der Waals surface area (Å²) in [6.07, 6.45) is 1.49. The zero-order chi connectivity index (χ0) is 15.8. The number of thioether (sulfide) groups is 1. The van der Waals surface area contributed by atoms with Gasteiger partial charge in [-0.05, 0) is 48.8 Å². The first kappa shape index (κ1) is 16.6. The summed E-state index contributed by atoms with van der Waals surface area (Å²) in [5.41, 5.74) is 4.62. The van der Waals surface area contributed by atoms with Crippen molar-refractivity contribution in [3.05, 3.63) is 65.2 Å². The van der Waals surface area contributed by atoms with E-state index in [1.165, 1.54) is 11.1 Å². The summed E-state index contributed by atoms with van der Waals surface area (Å²) < 4.78 is 0. The van der Waals surface area contributed by atoms with Crippen LogP contribution in [0, 0.1) is 13.8 Å². The number of carbonyl (C=O) groups excluding carboxylic acids is 1. The number of rotatable bonds is 7. The molecule has 0 spiro atoms. The molecule has 3 heteroatoms. The topological polar surface area (TPSA) is 29.1 Å². The summed E-state index contributed by atoms with van der Waals surface area (Å²) in [4.78, 5) is 12.0. The van der Waals surface area contributed by atoms with Gasteiger partial charge >= 0.3 is 0 Å². The van der Waals surface area contributed by atoms with Crippen molar-refractivity contribution in [2.24, 2.45) is 0 Å². The van der Waals surface area contributed by atoms with Crippen molar-refractivity contribution in [1.82, 2.24) is 0 Å². The van der Waals surface area contributed by atoms with Gasteiger partial charge in [-0.3, -0.25) is 4.79 Å². The molecule has 0 aliphatic heterocycles. The van der Waals surface area contributed by atoms with Crippen molar-refractivity contribution in [3.8, 4) is 0 Å². The van der Waals surface area contributed by atoms with Crippen molar-refractivity contribution < 1.29 is 4.79 Å². The molecule has 0 unspecified atom stereocenters. The Morgan fingerprint density at radius 1 is 1.05 bits per heavy atom. The molecule has 116 valence electrons. The van der Waals surface area contributed by atoms with E-state index in [0.717, 1.165) is 29.2 Å². The zero-order valence-corrected chi connectivity index (χ0v) is 14.1. The summed E-state index contributed by atoms with van der Waals surface area (Å²) in [6, 6.07) is 16.4. The van der Waals surface area contributed by atoms with Gasteiger partial charge < -0.3 is 5.32 Å². The van der Waals surface area contributed by atoms with Crippen molar-refractivity contribution in [1.29, 1.82) is 0 Å². The molecule has 0 fully saturated rings. The van der Waals surface area contributed by atoms with Crippen LogP contribution in [-0.4, -0.2) is 11.7 Å². The van der Waals surface area contributed by atoms with Gasteiger partial charge in [-0.2, -0.15) is 11.8 Å². The second-order valence-electron chi connectivity index (χ2n) is 5.44. The van der Waals surface area contributed by atoms with Gasteiger partial charge in [0.05, 0.1) is 0 Å². The number of anilines is 1. The molecule has 0 aromatic heterocycles. The Balaban J connectivity index is 1.67.